The number of morpholine rings is 1. The summed E-state index contributed by atoms with van der Waals surface area (Å²) < 4.78 is 10.7. The Bertz CT molecular complexity index is 546. The lowest BCUT2D eigenvalue weighted by Gasteiger charge is -2.35. The first-order chi connectivity index (χ1) is 11.7. The fraction of sp³-hybridized carbons (Fsp3) is 0.611. The lowest BCUT2D eigenvalue weighted by atomic mass is 10.0. The zero-order chi connectivity index (χ0) is 16.8. The third-order valence-corrected chi connectivity index (χ3v) is 4.64. The van der Waals surface area contributed by atoms with E-state index in [-0.39, 0.29) is 18.0 Å². The van der Waals surface area contributed by atoms with Crippen molar-refractivity contribution in [2.75, 3.05) is 44.9 Å². The van der Waals surface area contributed by atoms with E-state index >= 15 is 0 Å². The van der Waals surface area contributed by atoms with Crippen molar-refractivity contribution in [2.24, 2.45) is 0 Å². The molecule has 2 aliphatic rings. The summed E-state index contributed by atoms with van der Waals surface area (Å²) in [5.41, 5.74) is 1.15. The third-order valence-electron chi connectivity index (χ3n) is 4.64. The Morgan fingerprint density at radius 2 is 2.42 bits per heavy atom. The van der Waals surface area contributed by atoms with Crippen molar-refractivity contribution in [3.8, 4) is 5.75 Å². The van der Waals surface area contributed by atoms with E-state index in [0.717, 1.165) is 50.5 Å². The number of carbonyl (C=O) groups excluding carboxylic acids is 1. The number of carbonyl (C=O) groups is 1. The molecule has 24 heavy (non-hydrogen) atoms. The largest absolute Gasteiger partial charge is 0.497 e. The van der Waals surface area contributed by atoms with E-state index in [4.69, 9.17) is 9.47 Å². The van der Waals surface area contributed by atoms with Crippen LogP contribution in [0, 0.1) is 0 Å². The molecule has 2 fully saturated rings. The molecule has 2 aliphatic heterocycles. The Morgan fingerprint density at radius 1 is 1.50 bits per heavy atom. The first-order valence-corrected chi connectivity index (χ1v) is 8.74. The summed E-state index contributed by atoms with van der Waals surface area (Å²) in [4.78, 5) is 14.6. The minimum Gasteiger partial charge on any atom is -0.497 e. The highest BCUT2D eigenvalue weighted by atomic mass is 16.5. The van der Waals surface area contributed by atoms with E-state index in [1.165, 1.54) is 0 Å². The molecule has 1 aromatic carbocycles. The number of anilines is 1. The number of nitrogens with zero attached hydrogens (tertiary/aromatic N) is 1. The quantitative estimate of drug-likeness (QED) is 0.847. The SMILES string of the molecule is COc1cccc(N2CCCC(NC(=O)CC3COCCN3)C2)c1. The van der Waals surface area contributed by atoms with Crippen molar-refractivity contribution in [3.05, 3.63) is 24.3 Å². The number of hydrogen-bond donors (Lipinski definition) is 2. The molecule has 2 N–H and O–H groups in total. The highest BCUT2D eigenvalue weighted by molar-refractivity contribution is 5.77. The maximum absolute atomic E-state index is 12.3. The molecule has 6 nitrogen and oxygen atoms in total. The summed E-state index contributed by atoms with van der Waals surface area (Å²) in [6.07, 6.45) is 2.59. The molecule has 132 valence electrons. The van der Waals surface area contributed by atoms with E-state index < -0.39 is 0 Å². The Hall–Kier alpha value is -1.79. The molecular formula is C18H27N3O3. The second-order valence-corrected chi connectivity index (χ2v) is 6.48. The van der Waals surface area contributed by atoms with Crippen molar-refractivity contribution in [2.45, 2.75) is 31.3 Å². The number of benzene rings is 1. The molecular weight excluding hydrogens is 306 g/mol. The number of nitrogens with one attached hydrogen (secondary N) is 2. The molecule has 2 unspecified atom stereocenters. The minimum atomic E-state index is 0.107. The van der Waals surface area contributed by atoms with Crippen molar-refractivity contribution >= 4 is 11.6 Å². The zero-order valence-corrected chi connectivity index (χ0v) is 14.3. The maximum Gasteiger partial charge on any atom is 0.221 e. The van der Waals surface area contributed by atoms with E-state index in [9.17, 15) is 4.79 Å². The van der Waals surface area contributed by atoms with Gasteiger partial charge in [-0.3, -0.25) is 4.79 Å². The Balaban J connectivity index is 1.52. The van der Waals surface area contributed by atoms with Crippen molar-refractivity contribution < 1.29 is 14.3 Å². The predicted octanol–water partition coefficient (Wildman–Crippen LogP) is 1.16. The number of ether oxygens (including phenoxy) is 2. The molecule has 0 spiro atoms. The number of methoxy groups -OCH3 is 1. The molecule has 2 atom stereocenters. The van der Waals surface area contributed by atoms with Crippen molar-refractivity contribution in [1.82, 2.24) is 10.6 Å². The van der Waals surface area contributed by atoms with Gasteiger partial charge in [0.05, 0.1) is 20.3 Å². The molecule has 1 amide bonds. The minimum absolute atomic E-state index is 0.107. The summed E-state index contributed by atoms with van der Waals surface area (Å²) in [7, 11) is 1.68. The van der Waals surface area contributed by atoms with Crippen molar-refractivity contribution in [3.63, 3.8) is 0 Å². The normalized spacial score (nSPS) is 24.5. The third kappa shape index (κ3) is 4.61. The van der Waals surface area contributed by atoms with Crippen LogP contribution in [-0.2, 0) is 9.53 Å². The Labute approximate surface area is 143 Å². The summed E-state index contributed by atoms with van der Waals surface area (Å²) in [5, 5.41) is 6.51. The average Bonchev–Trinajstić information content (AvgIpc) is 2.63. The topological polar surface area (TPSA) is 62.8 Å². The van der Waals surface area contributed by atoms with E-state index in [1.54, 1.807) is 7.11 Å². The van der Waals surface area contributed by atoms with Crippen molar-refractivity contribution in [1.29, 1.82) is 0 Å². The van der Waals surface area contributed by atoms with Crippen LogP contribution < -0.4 is 20.3 Å². The number of hydrogen-bond acceptors (Lipinski definition) is 5. The van der Waals surface area contributed by atoms with Crippen LogP contribution >= 0.6 is 0 Å². The van der Waals surface area contributed by atoms with Crippen LogP contribution in [0.1, 0.15) is 19.3 Å². The second kappa shape index (κ2) is 8.35. The van der Waals surface area contributed by atoms with E-state index in [1.807, 2.05) is 18.2 Å². The van der Waals surface area contributed by atoms with Gasteiger partial charge in [-0.05, 0) is 25.0 Å². The standard InChI is InChI=1S/C18H27N3O3/c1-23-17-6-2-5-16(11-17)21-8-3-4-14(12-21)20-18(22)10-15-13-24-9-7-19-15/h2,5-6,11,14-15,19H,3-4,7-10,12-13H2,1H3,(H,20,22). The molecule has 6 heteroatoms. The highest BCUT2D eigenvalue weighted by Crippen LogP contribution is 2.24. The number of rotatable bonds is 5. The summed E-state index contributed by atoms with van der Waals surface area (Å²) in [5.74, 6) is 0.970. The van der Waals surface area contributed by atoms with Gasteiger partial charge in [0.15, 0.2) is 0 Å². The van der Waals surface area contributed by atoms with Gasteiger partial charge in [0.1, 0.15) is 5.75 Å². The summed E-state index contributed by atoms with van der Waals surface area (Å²) in [6.45, 7) is 4.03. The zero-order valence-electron chi connectivity index (χ0n) is 14.3. The first-order valence-electron chi connectivity index (χ1n) is 8.74. The smallest absolute Gasteiger partial charge is 0.221 e. The van der Waals surface area contributed by atoms with Crippen LogP contribution in [0.5, 0.6) is 5.75 Å². The Morgan fingerprint density at radius 3 is 3.21 bits per heavy atom. The second-order valence-electron chi connectivity index (χ2n) is 6.48. The monoisotopic (exact) mass is 333 g/mol. The lowest BCUT2D eigenvalue weighted by Crippen LogP contribution is -2.50. The van der Waals surface area contributed by atoms with Crippen LogP contribution in [0.4, 0.5) is 5.69 Å². The fourth-order valence-electron chi connectivity index (χ4n) is 3.40. The summed E-state index contributed by atoms with van der Waals surface area (Å²) >= 11 is 0. The van der Waals surface area contributed by atoms with Gasteiger partial charge in [0.2, 0.25) is 5.91 Å². The van der Waals surface area contributed by atoms with Gasteiger partial charge in [-0.25, -0.2) is 0 Å². The fourth-order valence-corrected chi connectivity index (χ4v) is 3.40. The van der Waals surface area contributed by atoms with Crippen LogP contribution in [0.15, 0.2) is 24.3 Å². The maximum atomic E-state index is 12.3. The number of amides is 1. The predicted molar refractivity (Wildman–Crippen MR) is 93.6 cm³/mol. The van der Waals surface area contributed by atoms with Gasteiger partial charge >= 0.3 is 0 Å². The lowest BCUT2D eigenvalue weighted by molar-refractivity contribution is -0.123. The van der Waals surface area contributed by atoms with Gasteiger partial charge in [0.25, 0.3) is 0 Å². The molecule has 0 aromatic heterocycles. The molecule has 3 rings (SSSR count). The average molecular weight is 333 g/mol. The van der Waals surface area contributed by atoms with Gasteiger partial charge in [-0.15, -0.1) is 0 Å². The molecule has 0 saturated carbocycles. The van der Waals surface area contributed by atoms with Gasteiger partial charge in [0, 0.05) is 49.9 Å². The molecule has 1 aromatic rings. The van der Waals surface area contributed by atoms with Crippen LogP contribution in [0.2, 0.25) is 0 Å². The first kappa shape index (κ1) is 17.0. The van der Waals surface area contributed by atoms with Gasteiger partial charge in [-0.2, -0.15) is 0 Å². The van der Waals surface area contributed by atoms with Crippen LogP contribution in [-0.4, -0.2) is 57.9 Å². The molecule has 0 radical (unpaired) electrons. The van der Waals surface area contributed by atoms with Gasteiger partial charge < -0.3 is 25.0 Å². The van der Waals surface area contributed by atoms with E-state index in [0.29, 0.717) is 13.0 Å². The van der Waals surface area contributed by atoms with Gasteiger partial charge in [-0.1, -0.05) is 6.07 Å². The molecule has 0 bridgehead atoms. The molecule has 0 aliphatic carbocycles. The van der Waals surface area contributed by atoms with Crippen LogP contribution in [0.25, 0.3) is 0 Å². The molecule has 2 heterocycles. The Kier molecular flexibility index (Phi) is 5.93. The summed E-state index contributed by atoms with van der Waals surface area (Å²) in [6, 6.07) is 8.43. The number of piperidine rings is 1. The van der Waals surface area contributed by atoms with E-state index in [2.05, 4.69) is 21.6 Å². The molecule has 2 saturated heterocycles. The van der Waals surface area contributed by atoms with Crippen LogP contribution in [0.3, 0.4) is 0 Å². The highest BCUT2D eigenvalue weighted by Gasteiger charge is 2.23.